The molecule has 1 spiro atoms. The summed E-state index contributed by atoms with van der Waals surface area (Å²) in [5.74, 6) is 0.452. The van der Waals surface area contributed by atoms with Crippen LogP contribution in [-0.2, 0) is 4.74 Å². The van der Waals surface area contributed by atoms with Crippen LogP contribution in [0.2, 0.25) is 0 Å². The Balaban J connectivity index is 1.36. The molecule has 0 bridgehead atoms. The zero-order valence-electron chi connectivity index (χ0n) is 15.1. The predicted octanol–water partition coefficient (Wildman–Crippen LogP) is 4.07. The van der Waals surface area contributed by atoms with Gasteiger partial charge in [-0.05, 0) is 44.1 Å². The number of carbonyl (C=O) groups is 1. The lowest BCUT2D eigenvalue weighted by atomic mass is 9.80. The molecule has 2 heterocycles. The zero-order valence-corrected chi connectivity index (χ0v) is 15.1. The van der Waals surface area contributed by atoms with Crippen LogP contribution < -0.4 is 5.32 Å². The largest absolute Gasteiger partial charge is 0.375 e. The Morgan fingerprint density at radius 2 is 1.80 bits per heavy atom. The number of likely N-dealkylation sites (tertiary alicyclic amines) is 1. The van der Waals surface area contributed by atoms with Crippen molar-refractivity contribution in [3.63, 3.8) is 0 Å². The van der Waals surface area contributed by atoms with Crippen molar-refractivity contribution in [3.8, 4) is 0 Å². The number of piperidine rings is 1. The van der Waals surface area contributed by atoms with Gasteiger partial charge >= 0.3 is 6.03 Å². The first kappa shape index (κ1) is 16.9. The average molecular weight is 342 g/mol. The predicted molar refractivity (Wildman–Crippen MR) is 98.7 cm³/mol. The van der Waals surface area contributed by atoms with E-state index in [1.54, 1.807) is 0 Å². The van der Waals surface area contributed by atoms with Gasteiger partial charge in [-0.15, -0.1) is 0 Å². The second kappa shape index (κ2) is 7.36. The molecule has 1 N–H and O–H groups in total. The molecule has 2 aliphatic heterocycles. The van der Waals surface area contributed by atoms with E-state index >= 15 is 0 Å². The highest BCUT2D eigenvalue weighted by Crippen LogP contribution is 2.36. The Morgan fingerprint density at radius 3 is 2.52 bits per heavy atom. The minimum Gasteiger partial charge on any atom is -0.375 e. The Kier molecular flexibility index (Phi) is 4.98. The molecule has 1 aliphatic carbocycles. The van der Waals surface area contributed by atoms with Crippen LogP contribution in [0.4, 0.5) is 4.79 Å². The van der Waals surface area contributed by atoms with Crippen LogP contribution >= 0.6 is 0 Å². The number of nitrogens with zero attached hydrogens (tertiary/aromatic N) is 1. The zero-order chi connectivity index (χ0) is 17.1. The molecule has 0 radical (unpaired) electrons. The molecule has 3 fully saturated rings. The van der Waals surface area contributed by atoms with E-state index in [2.05, 4.69) is 35.6 Å². The molecule has 1 aromatic carbocycles. The molecule has 2 saturated heterocycles. The molecular formula is C21H30N2O2. The topological polar surface area (TPSA) is 41.6 Å². The molecule has 136 valence electrons. The summed E-state index contributed by atoms with van der Waals surface area (Å²) in [5.41, 5.74) is 1.44. The maximum absolute atomic E-state index is 12.8. The molecular weight excluding hydrogens is 312 g/mol. The Hall–Kier alpha value is -1.55. The third-order valence-electron chi connectivity index (χ3n) is 6.45. The summed E-state index contributed by atoms with van der Waals surface area (Å²) in [6.45, 7) is 2.55. The van der Waals surface area contributed by atoms with E-state index in [1.165, 1.54) is 37.7 Å². The molecule has 2 atom stereocenters. The van der Waals surface area contributed by atoms with Crippen molar-refractivity contribution in [2.75, 3.05) is 19.7 Å². The van der Waals surface area contributed by atoms with Crippen LogP contribution in [0.3, 0.4) is 0 Å². The van der Waals surface area contributed by atoms with Crippen LogP contribution in [0.1, 0.15) is 62.8 Å². The summed E-state index contributed by atoms with van der Waals surface area (Å²) in [7, 11) is 0. The third kappa shape index (κ3) is 3.69. The maximum Gasteiger partial charge on any atom is 0.317 e. The summed E-state index contributed by atoms with van der Waals surface area (Å²) < 4.78 is 5.98. The van der Waals surface area contributed by atoms with E-state index in [1.807, 2.05) is 4.90 Å². The molecule has 4 rings (SSSR count). The lowest BCUT2D eigenvalue weighted by Crippen LogP contribution is -2.52. The number of carbonyl (C=O) groups excluding carboxylic acids is 1. The summed E-state index contributed by atoms with van der Waals surface area (Å²) in [6, 6.07) is 11.1. The van der Waals surface area contributed by atoms with Gasteiger partial charge in [0, 0.05) is 31.7 Å². The Morgan fingerprint density at radius 1 is 1.04 bits per heavy atom. The van der Waals surface area contributed by atoms with Crippen LogP contribution in [0, 0.1) is 0 Å². The molecule has 3 aliphatic rings. The third-order valence-corrected chi connectivity index (χ3v) is 6.45. The first-order valence-electron chi connectivity index (χ1n) is 10.0. The second-order valence-electron chi connectivity index (χ2n) is 7.98. The first-order chi connectivity index (χ1) is 12.3. The minimum absolute atomic E-state index is 0.0776. The van der Waals surface area contributed by atoms with Crippen LogP contribution in [0.25, 0.3) is 0 Å². The van der Waals surface area contributed by atoms with Crippen molar-refractivity contribution >= 4 is 6.03 Å². The first-order valence-corrected chi connectivity index (χ1v) is 10.0. The minimum atomic E-state index is 0.0776. The van der Waals surface area contributed by atoms with Crippen molar-refractivity contribution in [3.05, 3.63) is 35.9 Å². The average Bonchev–Trinajstić information content (AvgIpc) is 3.11. The fourth-order valence-electron chi connectivity index (χ4n) is 4.92. The van der Waals surface area contributed by atoms with E-state index < -0.39 is 0 Å². The van der Waals surface area contributed by atoms with Gasteiger partial charge in [-0.2, -0.15) is 0 Å². The highest BCUT2D eigenvalue weighted by atomic mass is 16.5. The van der Waals surface area contributed by atoms with Gasteiger partial charge in [-0.3, -0.25) is 0 Å². The summed E-state index contributed by atoms with van der Waals surface area (Å²) in [6.07, 6.45) is 9.06. The monoisotopic (exact) mass is 342 g/mol. The highest BCUT2D eigenvalue weighted by Gasteiger charge is 2.40. The van der Waals surface area contributed by atoms with Gasteiger partial charge in [0.15, 0.2) is 0 Å². The standard InChI is InChI=1S/C21H30N2O2/c24-20(23-14-12-21(13-15-23)11-6-16-25-21)22-19-10-5-4-9-18(19)17-7-2-1-3-8-17/h1-3,7-8,18-19H,4-6,9-16H2,(H,22,24). The van der Waals surface area contributed by atoms with E-state index in [4.69, 9.17) is 4.74 Å². The van der Waals surface area contributed by atoms with Crippen LogP contribution in [-0.4, -0.2) is 42.3 Å². The van der Waals surface area contributed by atoms with Crippen molar-refractivity contribution in [1.82, 2.24) is 10.2 Å². The molecule has 1 aromatic rings. The number of benzene rings is 1. The molecule has 0 aromatic heterocycles. The maximum atomic E-state index is 12.8. The van der Waals surface area contributed by atoms with Crippen molar-refractivity contribution in [2.45, 2.75) is 68.9 Å². The SMILES string of the molecule is O=C(NC1CCCCC1c1ccccc1)N1CCC2(CCCO2)CC1. The lowest BCUT2D eigenvalue weighted by molar-refractivity contribution is -0.0363. The van der Waals surface area contributed by atoms with E-state index in [0.717, 1.165) is 39.0 Å². The molecule has 1 saturated carbocycles. The quantitative estimate of drug-likeness (QED) is 0.880. The van der Waals surface area contributed by atoms with Gasteiger partial charge in [0.25, 0.3) is 0 Å². The Bertz CT molecular complexity index is 573. The number of nitrogens with one attached hydrogen (secondary N) is 1. The van der Waals surface area contributed by atoms with Gasteiger partial charge in [0.2, 0.25) is 0 Å². The number of hydrogen-bond acceptors (Lipinski definition) is 2. The normalized spacial score (nSPS) is 28.9. The summed E-state index contributed by atoms with van der Waals surface area (Å²) in [4.78, 5) is 14.8. The van der Waals surface area contributed by atoms with Crippen LogP contribution in [0.5, 0.6) is 0 Å². The lowest BCUT2D eigenvalue weighted by Gasteiger charge is -2.40. The van der Waals surface area contributed by atoms with Crippen molar-refractivity contribution in [2.24, 2.45) is 0 Å². The van der Waals surface area contributed by atoms with Gasteiger partial charge in [-0.25, -0.2) is 4.79 Å². The summed E-state index contributed by atoms with van der Waals surface area (Å²) >= 11 is 0. The number of urea groups is 1. The fourth-order valence-corrected chi connectivity index (χ4v) is 4.92. The number of amides is 2. The number of hydrogen-bond donors (Lipinski definition) is 1. The molecule has 2 amide bonds. The van der Waals surface area contributed by atoms with Gasteiger partial charge in [0.1, 0.15) is 0 Å². The molecule has 4 heteroatoms. The van der Waals surface area contributed by atoms with Gasteiger partial charge < -0.3 is 15.0 Å². The fraction of sp³-hybridized carbons (Fsp3) is 0.667. The number of rotatable bonds is 2. The number of ether oxygens (including phenoxy) is 1. The second-order valence-corrected chi connectivity index (χ2v) is 7.98. The van der Waals surface area contributed by atoms with Crippen molar-refractivity contribution in [1.29, 1.82) is 0 Å². The molecule has 25 heavy (non-hydrogen) atoms. The van der Waals surface area contributed by atoms with E-state index in [0.29, 0.717) is 5.92 Å². The summed E-state index contributed by atoms with van der Waals surface area (Å²) in [5, 5.41) is 3.36. The van der Waals surface area contributed by atoms with E-state index in [-0.39, 0.29) is 17.7 Å². The molecule has 2 unspecified atom stereocenters. The smallest absolute Gasteiger partial charge is 0.317 e. The Labute approximate surface area is 150 Å². The van der Waals surface area contributed by atoms with E-state index in [9.17, 15) is 4.79 Å². The molecule has 4 nitrogen and oxygen atoms in total. The van der Waals surface area contributed by atoms with Crippen molar-refractivity contribution < 1.29 is 9.53 Å². The highest BCUT2D eigenvalue weighted by molar-refractivity contribution is 5.74. The van der Waals surface area contributed by atoms with Gasteiger partial charge in [-0.1, -0.05) is 43.2 Å². The van der Waals surface area contributed by atoms with Gasteiger partial charge in [0.05, 0.1) is 5.60 Å². The van der Waals surface area contributed by atoms with Crippen LogP contribution in [0.15, 0.2) is 30.3 Å².